The van der Waals surface area contributed by atoms with Gasteiger partial charge in [0.2, 0.25) is 0 Å². The van der Waals surface area contributed by atoms with Crippen molar-refractivity contribution in [1.82, 2.24) is 0 Å². The van der Waals surface area contributed by atoms with Crippen molar-refractivity contribution in [2.24, 2.45) is 0 Å². The molecular weight excluding hydrogens is 528 g/mol. The third-order valence-electron chi connectivity index (χ3n) is 7.74. The molecule has 42 heavy (non-hydrogen) atoms. The van der Waals surface area contributed by atoms with E-state index in [1.54, 1.807) is 28.4 Å². The first-order valence-electron chi connectivity index (χ1n) is 13.5. The van der Waals surface area contributed by atoms with Gasteiger partial charge in [0.15, 0.2) is 0 Å². The topological polar surface area (TPSA) is 77.4 Å². The van der Waals surface area contributed by atoms with E-state index in [4.69, 9.17) is 18.9 Å². The van der Waals surface area contributed by atoms with Crippen molar-refractivity contribution >= 4 is 0 Å². The number of benzene rings is 5. The Morgan fingerprint density at radius 1 is 0.357 bits per heavy atom. The lowest BCUT2D eigenvalue weighted by Crippen LogP contribution is -2.36. The number of ether oxygens (including phenoxy) is 4. The van der Waals surface area contributed by atoms with Gasteiger partial charge in [-0.3, -0.25) is 0 Å². The highest BCUT2D eigenvalue weighted by molar-refractivity contribution is 5.58. The Kier molecular flexibility index (Phi) is 8.20. The van der Waals surface area contributed by atoms with Crippen LogP contribution in [0.4, 0.5) is 0 Å². The molecule has 6 heteroatoms. The number of hydrogen-bond acceptors (Lipinski definition) is 6. The molecule has 0 bridgehead atoms. The van der Waals surface area contributed by atoms with E-state index < -0.39 is 11.2 Å². The average molecular weight is 563 g/mol. The molecule has 0 saturated carbocycles. The lowest BCUT2D eigenvalue weighted by molar-refractivity contribution is 0.0999. The monoisotopic (exact) mass is 562 g/mol. The van der Waals surface area contributed by atoms with E-state index in [0.717, 1.165) is 0 Å². The fourth-order valence-electron chi connectivity index (χ4n) is 5.40. The summed E-state index contributed by atoms with van der Waals surface area (Å²) in [5, 5.41) is 25.8. The van der Waals surface area contributed by atoms with E-state index in [0.29, 0.717) is 56.4 Å². The van der Waals surface area contributed by atoms with E-state index in [9.17, 15) is 10.2 Å². The largest absolute Gasteiger partial charge is 0.497 e. The van der Waals surface area contributed by atoms with Crippen LogP contribution in [0.2, 0.25) is 0 Å². The molecule has 0 radical (unpaired) electrons. The number of aliphatic hydroxyl groups is 2. The summed E-state index contributed by atoms with van der Waals surface area (Å²) in [4.78, 5) is 0. The normalized spacial score (nSPS) is 11.6. The minimum atomic E-state index is -1.66. The summed E-state index contributed by atoms with van der Waals surface area (Å²) in [6.07, 6.45) is 0. The summed E-state index contributed by atoms with van der Waals surface area (Å²) in [5.41, 5.74) is 0.106. The molecule has 5 aromatic carbocycles. The lowest BCUT2D eigenvalue weighted by atomic mass is 9.71. The van der Waals surface area contributed by atoms with Crippen LogP contribution in [0.1, 0.15) is 33.4 Å². The molecule has 6 nitrogen and oxygen atoms in total. The molecule has 0 unspecified atom stereocenters. The molecule has 5 aromatic rings. The maximum atomic E-state index is 12.9. The second-order valence-corrected chi connectivity index (χ2v) is 9.88. The first-order valence-corrected chi connectivity index (χ1v) is 13.5. The van der Waals surface area contributed by atoms with Crippen LogP contribution in [0.5, 0.6) is 23.0 Å². The second kappa shape index (κ2) is 12.0. The molecule has 0 saturated heterocycles. The molecule has 0 aliphatic rings. The van der Waals surface area contributed by atoms with E-state index in [-0.39, 0.29) is 0 Å². The van der Waals surface area contributed by atoms with Gasteiger partial charge < -0.3 is 29.2 Å². The molecule has 0 aromatic heterocycles. The minimum Gasteiger partial charge on any atom is -0.497 e. The van der Waals surface area contributed by atoms with Crippen molar-refractivity contribution in [2.75, 3.05) is 28.4 Å². The standard InChI is InChI=1S/C36H34O6/c1-39-29-17-9-25(10-18-29)35(37,26-11-19-30(40-2)20-12-26)33-7-5-6-8-34(33)36(38,27-13-21-31(41-3)22-14-27)28-15-23-32(42-4)24-16-28/h5-24,37-38H,1-4H3. The second-order valence-electron chi connectivity index (χ2n) is 9.88. The summed E-state index contributed by atoms with van der Waals surface area (Å²) in [6, 6.07) is 36.6. The Balaban J connectivity index is 1.81. The number of rotatable bonds is 10. The quantitative estimate of drug-likeness (QED) is 0.195. The van der Waals surface area contributed by atoms with E-state index in [1.165, 1.54) is 0 Å². The molecule has 214 valence electrons. The maximum absolute atomic E-state index is 12.9. The van der Waals surface area contributed by atoms with Gasteiger partial charge in [0.05, 0.1) is 28.4 Å². The van der Waals surface area contributed by atoms with Crippen LogP contribution in [0.25, 0.3) is 0 Å². The summed E-state index contributed by atoms with van der Waals surface area (Å²) < 4.78 is 21.6. The number of hydrogen-bond donors (Lipinski definition) is 2. The van der Waals surface area contributed by atoms with Crippen LogP contribution in [0.3, 0.4) is 0 Å². The fourth-order valence-corrected chi connectivity index (χ4v) is 5.40. The lowest BCUT2D eigenvalue weighted by Gasteiger charge is -2.38. The average Bonchev–Trinajstić information content (AvgIpc) is 3.07. The first kappa shape index (κ1) is 28.7. The molecule has 2 N–H and O–H groups in total. The zero-order valence-corrected chi connectivity index (χ0v) is 24.1. The highest BCUT2D eigenvalue weighted by atomic mass is 16.5. The van der Waals surface area contributed by atoms with Gasteiger partial charge in [0.25, 0.3) is 0 Å². The Bertz CT molecular complexity index is 1390. The van der Waals surface area contributed by atoms with Gasteiger partial charge in [-0.05, 0) is 81.9 Å². The van der Waals surface area contributed by atoms with Crippen molar-refractivity contribution in [3.05, 3.63) is 155 Å². The summed E-state index contributed by atoms with van der Waals surface area (Å²) >= 11 is 0. The Hall–Kier alpha value is -4.78. The Morgan fingerprint density at radius 3 is 0.762 bits per heavy atom. The zero-order chi connectivity index (χ0) is 29.7. The molecule has 0 atom stereocenters. The van der Waals surface area contributed by atoms with Crippen LogP contribution in [-0.4, -0.2) is 38.7 Å². The van der Waals surface area contributed by atoms with Gasteiger partial charge in [0, 0.05) is 0 Å². The van der Waals surface area contributed by atoms with Crippen molar-refractivity contribution in [2.45, 2.75) is 11.2 Å². The smallest absolute Gasteiger partial charge is 0.140 e. The van der Waals surface area contributed by atoms with Crippen LogP contribution < -0.4 is 18.9 Å². The predicted octanol–water partition coefficient (Wildman–Crippen LogP) is 6.29. The SMILES string of the molecule is COc1ccc(C(O)(c2ccc(OC)cc2)c2ccccc2C(O)(c2ccc(OC)cc2)c2ccc(OC)cc2)cc1. The fraction of sp³-hybridized carbons (Fsp3) is 0.167. The molecule has 0 fully saturated rings. The predicted molar refractivity (Wildman–Crippen MR) is 163 cm³/mol. The van der Waals surface area contributed by atoms with Gasteiger partial charge in [-0.25, -0.2) is 0 Å². The van der Waals surface area contributed by atoms with Crippen LogP contribution in [0, 0.1) is 0 Å². The molecule has 0 heterocycles. The van der Waals surface area contributed by atoms with Crippen LogP contribution >= 0.6 is 0 Å². The van der Waals surface area contributed by atoms with Gasteiger partial charge in [-0.15, -0.1) is 0 Å². The molecule has 0 aliphatic carbocycles. The molecule has 5 rings (SSSR count). The van der Waals surface area contributed by atoms with Gasteiger partial charge >= 0.3 is 0 Å². The molecular formula is C36H34O6. The summed E-state index contributed by atoms with van der Waals surface area (Å²) in [5.74, 6) is 2.66. The van der Waals surface area contributed by atoms with E-state index >= 15 is 0 Å². The summed E-state index contributed by atoms with van der Waals surface area (Å²) in [7, 11) is 6.40. The molecule has 0 amide bonds. The van der Waals surface area contributed by atoms with E-state index in [1.807, 2.05) is 121 Å². The molecule has 0 aliphatic heterocycles. The van der Waals surface area contributed by atoms with Gasteiger partial charge in [-0.2, -0.15) is 0 Å². The summed E-state index contributed by atoms with van der Waals surface area (Å²) in [6.45, 7) is 0. The first-order chi connectivity index (χ1) is 20.4. The highest BCUT2D eigenvalue weighted by Crippen LogP contribution is 2.46. The van der Waals surface area contributed by atoms with Crippen molar-refractivity contribution in [3.8, 4) is 23.0 Å². The van der Waals surface area contributed by atoms with Crippen LogP contribution in [0.15, 0.2) is 121 Å². The third-order valence-corrected chi connectivity index (χ3v) is 7.74. The van der Waals surface area contributed by atoms with E-state index in [2.05, 4.69) is 0 Å². The maximum Gasteiger partial charge on any atom is 0.140 e. The Labute approximate surface area is 246 Å². The van der Waals surface area contributed by atoms with Crippen molar-refractivity contribution in [1.29, 1.82) is 0 Å². The minimum absolute atomic E-state index is 0.509. The highest BCUT2D eigenvalue weighted by Gasteiger charge is 2.43. The van der Waals surface area contributed by atoms with Crippen molar-refractivity contribution in [3.63, 3.8) is 0 Å². The third kappa shape index (κ3) is 5.07. The van der Waals surface area contributed by atoms with Crippen LogP contribution in [-0.2, 0) is 11.2 Å². The number of methoxy groups -OCH3 is 4. The zero-order valence-electron chi connectivity index (χ0n) is 24.1. The van der Waals surface area contributed by atoms with Crippen molar-refractivity contribution < 1.29 is 29.2 Å². The van der Waals surface area contributed by atoms with Gasteiger partial charge in [0.1, 0.15) is 34.2 Å². The molecule has 0 spiro atoms. The van der Waals surface area contributed by atoms with Gasteiger partial charge in [-0.1, -0.05) is 72.8 Å². The Morgan fingerprint density at radius 2 is 0.571 bits per heavy atom.